The molecule has 5 nitrogen and oxygen atoms in total. The number of halogens is 2. The van der Waals surface area contributed by atoms with E-state index in [0.29, 0.717) is 24.6 Å². The van der Waals surface area contributed by atoms with Gasteiger partial charge in [-0.3, -0.25) is 9.69 Å². The summed E-state index contributed by atoms with van der Waals surface area (Å²) in [6.45, 7) is 2.71. The molecule has 3 rings (SSSR count). The summed E-state index contributed by atoms with van der Waals surface area (Å²) in [6, 6.07) is 10.9. The van der Waals surface area contributed by atoms with Crippen molar-refractivity contribution >= 4 is 23.2 Å². The summed E-state index contributed by atoms with van der Waals surface area (Å²) in [7, 11) is 1.83. The highest BCUT2D eigenvalue weighted by atomic mass is 35.5. The normalized spacial score (nSPS) is 17.0. The Bertz CT molecular complexity index is 802. The molecule has 0 aromatic heterocycles. The van der Waals surface area contributed by atoms with Gasteiger partial charge in [-0.05, 0) is 44.3 Å². The van der Waals surface area contributed by atoms with Gasteiger partial charge >= 0.3 is 0 Å². The number of nitrogens with one attached hydrogen (secondary N) is 1. The van der Waals surface area contributed by atoms with E-state index in [0.717, 1.165) is 11.8 Å². The Hall–Kier alpha value is -2.31. The van der Waals surface area contributed by atoms with Crippen LogP contribution in [-0.2, 0) is 4.79 Å². The fourth-order valence-corrected chi connectivity index (χ4v) is 2.88. The first kappa shape index (κ1) is 18.5. The molecule has 1 amide bonds. The van der Waals surface area contributed by atoms with E-state index in [2.05, 4.69) is 5.32 Å². The topological polar surface area (TPSA) is 50.8 Å². The highest BCUT2D eigenvalue weighted by molar-refractivity contribution is 6.33. The Morgan fingerprint density at radius 3 is 2.81 bits per heavy atom. The summed E-state index contributed by atoms with van der Waals surface area (Å²) in [5.74, 6) is 0.738. The van der Waals surface area contributed by atoms with Crippen molar-refractivity contribution < 1.29 is 18.7 Å². The number of carbonyl (C=O) groups is 1. The predicted molar refractivity (Wildman–Crippen MR) is 98.5 cm³/mol. The van der Waals surface area contributed by atoms with Crippen LogP contribution >= 0.6 is 11.6 Å². The molecule has 0 spiro atoms. The van der Waals surface area contributed by atoms with E-state index in [1.807, 2.05) is 36.2 Å². The second-order valence-electron chi connectivity index (χ2n) is 6.23. The maximum absolute atomic E-state index is 13.1. The summed E-state index contributed by atoms with van der Waals surface area (Å²) in [5, 5.41) is 2.88. The number of nitrogens with zero attached hydrogens (tertiary/aromatic N) is 1. The lowest BCUT2D eigenvalue weighted by Gasteiger charge is -2.31. The molecular weight excluding hydrogens is 359 g/mol. The summed E-state index contributed by atoms with van der Waals surface area (Å²) in [4.78, 5) is 14.3. The molecule has 2 atom stereocenters. The van der Waals surface area contributed by atoms with Crippen molar-refractivity contribution in [1.82, 2.24) is 4.90 Å². The van der Waals surface area contributed by atoms with Gasteiger partial charge in [0.2, 0.25) is 5.91 Å². The van der Waals surface area contributed by atoms with Crippen molar-refractivity contribution in [1.29, 1.82) is 0 Å². The quantitative estimate of drug-likeness (QED) is 0.864. The fourth-order valence-electron chi connectivity index (χ4n) is 2.66. The lowest BCUT2D eigenvalue weighted by Crippen LogP contribution is -2.46. The van der Waals surface area contributed by atoms with Crippen LogP contribution in [0.15, 0.2) is 42.5 Å². The third kappa shape index (κ3) is 4.26. The molecule has 0 saturated carbocycles. The minimum absolute atomic E-state index is 0.161. The molecule has 0 radical (unpaired) electrons. The average molecular weight is 379 g/mol. The van der Waals surface area contributed by atoms with E-state index < -0.39 is 11.9 Å². The van der Waals surface area contributed by atoms with Gasteiger partial charge in [0.15, 0.2) is 11.5 Å². The predicted octanol–water partition coefficient (Wildman–Crippen LogP) is 3.58. The van der Waals surface area contributed by atoms with Crippen molar-refractivity contribution in [2.24, 2.45) is 0 Å². The maximum Gasteiger partial charge on any atom is 0.241 e. The third-order valence-electron chi connectivity index (χ3n) is 4.29. The number of amides is 1. The van der Waals surface area contributed by atoms with Crippen molar-refractivity contribution in [3.63, 3.8) is 0 Å². The number of fused-ring (bicyclic) bond motifs is 1. The molecule has 0 saturated heterocycles. The molecule has 1 heterocycles. The van der Waals surface area contributed by atoms with Gasteiger partial charge in [0, 0.05) is 6.54 Å². The molecule has 0 fully saturated rings. The summed E-state index contributed by atoms with van der Waals surface area (Å²) in [6.07, 6.45) is -0.181. The summed E-state index contributed by atoms with van der Waals surface area (Å²) >= 11 is 5.96. The van der Waals surface area contributed by atoms with Crippen molar-refractivity contribution in [3.05, 3.63) is 53.3 Å². The minimum Gasteiger partial charge on any atom is -0.486 e. The molecule has 1 aliphatic rings. The van der Waals surface area contributed by atoms with E-state index >= 15 is 0 Å². The van der Waals surface area contributed by atoms with Crippen LogP contribution in [-0.4, -0.2) is 43.2 Å². The Labute approximate surface area is 156 Å². The number of ether oxygens (including phenoxy) is 2. The van der Waals surface area contributed by atoms with Gasteiger partial charge in [-0.1, -0.05) is 23.7 Å². The largest absolute Gasteiger partial charge is 0.486 e. The molecule has 138 valence electrons. The van der Waals surface area contributed by atoms with E-state index in [4.69, 9.17) is 21.1 Å². The van der Waals surface area contributed by atoms with Gasteiger partial charge in [-0.15, -0.1) is 0 Å². The van der Waals surface area contributed by atoms with E-state index in [-0.39, 0.29) is 17.0 Å². The smallest absolute Gasteiger partial charge is 0.241 e. The van der Waals surface area contributed by atoms with Gasteiger partial charge in [0.05, 0.1) is 16.8 Å². The molecule has 7 heteroatoms. The molecule has 0 bridgehead atoms. The molecule has 0 unspecified atom stereocenters. The van der Waals surface area contributed by atoms with E-state index in [1.165, 1.54) is 12.1 Å². The van der Waals surface area contributed by atoms with Gasteiger partial charge in [0.25, 0.3) is 0 Å². The summed E-state index contributed by atoms with van der Waals surface area (Å²) < 4.78 is 24.7. The molecule has 1 aliphatic heterocycles. The second kappa shape index (κ2) is 7.93. The minimum atomic E-state index is -0.451. The Morgan fingerprint density at radius 1 is 1.35 bits per heavy atom. The van der Waals surface area contributed by atoms with Crippen LogP contribution in [0.1, 0.15) is 6.92 Å². The van der Waals surface area contributed by atoms with Crippen LogP contribution in [0.2, 0.25) is 5.02 Å². The number of anilines is 1. The van der Waals surface area contributed by atoms with Crippen LogP contribution < -0.4 is 14.8 Å². The van der Waals surface area contributed by atoms with Gasteiger partial charge in [0.1, 0.15) is 18.5 Å². The standard InChI is InChI=1S/C19H20ClFN2O3/c1-12(19(24)22-16-8-7-13(21)9-15(16)20)23(2)10-14-11-25-17-5-3-4-6-18(17)26-14/h3-9,12,14H,10-11H2,1-2H3,(H,22,24)/t12-,14-/m1/s1. The zero-order chi connectivity index (χ0) is 18.7. The Balaban J connectivity index is 1.57. The average Bonchev–Trinajstić information content (AvgIpc) is 2.63. The van der Waals surface area contributed by atoms with Crippen molar-refractivity contribution in [3.8, 4) is 11.5 Å². The number of rotatable bonds is 5. The van der Waals surface area contributed by atoms with Crippen LogP contribution in [0, 0.1) is 5.82 Å². The van der Waals surface area contributed by atoms with E-state index in [1.54, 1.807) is 6.92 Å². The number of para-hydroxylation sites is 2. The zero-order valence-corrected chi connectivity index (χ0v) is 15.3. The van der Waals surface area contributed by atoms with Crippen LogP contribution in [0.5, 0.6) is 11.5 Å². The molecule has 26 heavy (non-hydrogen) atoms. The SMILES string of the molecule is C[C@H](C(=O)Nc1ccc(F)cc1Cl)N(C)C[C@@H]1COc2ccccc2O1. The Morgan fingerprint density at radius 2 is 2.08 bits per heavy atom. The van der Waals surface area contributed by atoms with Crippen molar-refractivity contribution in [2.45, 2.75) is 19.1 Å². The molecule has 2 aromatic rings. The summed E-state index contributed by atoms with van der Waals surface area (Å²) in [5.41, 5.74) is 0.379. The first-order valence-electron chi connectivity index (χ1n) is 8.28. The molecular formula is C19H20ClFN2O3. The Kier molecular flexibility index (Phi) is 5.64. The lowest BCUT2D eigenvalue weighted by molar-refractivity contribution is -0.120. The lowest BCUT2D eigenvalue weighted by atomic mass is 10.2. The number of likely N-dealkylation sites (N-methyl/N-ethyl adjacent to an activating group) is 1. The second-order valence-corrected chi connectivity index (χ2v) is 6.63. The number of hydrogen-bond acceptors (Lipinski definition) is 4. The molecule has 2 aromatic carbocycles. The molecule has 1 N–H and O–H groups in total. The number of hydrogen-bond donors (Lipinski definition) is 1. The zero-order valence-electron chi connectivity index (χ0n) is 14.5. The first-order chi connectivity index (χ1) is 12.4. The van der Waals surface area contributed by atoms with Crippen LogP contribution in [0.4, 0.5) is 10.1 Å². The highest BCUT2D eigenvalue weighted by Crippen LogP contribution is 2.31. The highest BCUT2D eigenvalue weighted by Gasteiger charge is 2.26. The number of benzene rings is 2. The van der Waals surface area contributed by atoms with Gasteiger partial charge in [-0.2, -0.15) is 0 Å². The van der Waals surface area contributed by atoms with Gasteiger partial charge < -0.3 is 14.8 Å². The first-order valence-corrected chi connectivity index (χ1v) is 8.66. The van der Waals surface area contributed by atoms with E-state index in [9.17, 15) is 9.18 Å². The van der Waals surface area contributed by atoms with Crippen LogP contribution in [0.3, 0.4) is 0 Å². The maximum atomic E-state index is 13.1. The van der Waals surface area contributed by atoms with Gasteiger partial charge in [-0.25, -0.2) is 4.39 Å². The van der Waals surface area contributed by atoms with Crippen LogP contribution in [0.25, 0.3) is 0 Å². The fraction of sp³-hybridized carbons (Fsp3) is 0.316. The number of carbonyl (C=O) groups excluding carboxylic acids is 1. The third-order valence-corrected chi connectivity index (χ3v) is 4.60. The molecule has 0 aliphatic carbocycles. The van der Waals surface area contributed by atoms with Crippen molar-refractivity contribution in [2.75, 3.05) is 25.5 Å². The monoisotopic (exact) mass is 378 g/mol.